The molecular weight excluding hydrogens is 779 g/mol. The van der Waals surface area contributed by atoms with Crippen molar-refractivity contribution in [2.45, 2.75) is 84.5 Å². The molecule has 1 unspecified atom stereocenters. The number of likely N-dealkylation sites (N-methyl/N-ethyl adjacent to an activating group) is 1. The van der Waals surface area contributed by atoms with Gasteiger partial charge in [0.05, 0.1) is 6.07 Å². The third-order valence-electron chi connectivity index (χ3n) is 10.9. The first-order valence-corrected chi connectivity index (χ1v) is 20.5. The van der Waals surface area contributed by atoms with Gasteiger partial charge in [-0.05, 0) is 90.7 Å². The number of nitriles is 1. The Kier molecular flexibility index (Phi) is 16.8. The summed E-state index contributed by atoms with van der Waals surface area (Å²) in [6.07, 6.45) is 0.0710. The standard InChI is InChI=1S/C45H61N9O7/c1-26-22-30(27(2)45(4,5)6)9-11-32(26)41(56)52-35(14-15-46)44(59)54(7)39-31-10-13-38(61-21-18-49)34(25-31)33-23-29(8-12-37(33)60-20-17-48)24-36(42(57)50-19-16-47)53-40(55)28(3)51-43(39)58/h8-13,22-23,25,27-28,35-36,39H,14-15,17-21,24,46,48-49H2,1-7H3,(H,50,57)(H,51,58)(H,52,56)(H,53,55)/t27?,28-,35-,36-,39-/m0/s1. The van der Waals surface area contributed by atoms with Crippen LogP contribution in [0.3, 0.4) is 0 Å². The minimum atomic E-state index is -1.36. The van der Waals surface area contributed by atoms with Gasteiger partial charge in [-0.2, -0.15) is 5.26 Å². The fourth-order valence-electron chi connectivity index (χ4n) is 7.08. The van der Waals surface area contributed by atoms with Gasteiger partial charge in [-0.15, -0.1) is 0 Å². The Labute approximate surface area is 358 Å². The van der Waals surface area contributed by atoms with Gasteiger partial charge in [0.25, 0.3) is 5.91 Å². The first-order valence-electron chi connectivity index (χ1n) is 20.5. The second kappa shape index (κ2) is 21.5. The summed E-state index contributed by atoms with van der Waals surface area (Å²) < 4.78 is 12.2. The molecule has 5 amide bonds. The Hall–Kier alpha value is -6.02. The number of nitrogens with two attached hydrogens (primary N) is 3. The highest BCUT2D eigenvalue weighted by Crippen LogP contribution is 2.40. The zero-order chi connectivity index (χ0) is 45.0. The largest absolute Gasteiger partial charge is 0.492 e. The topological polar surface area (TPSA) is 257 Å². The lowest BCUT2D eigenvalue weighted by Gasteiger charge is -2.32. The van der Waals surface area contributed by atoms with Crippen LogP contribution in [0.1, 0.15) is 85.6 Å². The Morgan fingerprint density at radius 2 is 1.56 bits per heavy atom. The quantitative estimate of drug-likeness (QED) is 0.109. The molecule has 16 nitrogen and oxygen atoms in total. The number of nitrogens with one attached hydrogen (secondary N) is 4. The normalized spacial score (nSPS) is 17.6. The fourth-order valence-corrected chi connectivity index (χ4v) is 7.08. The Morgan fingerprint density at radius 1 is 0.918 bits per heavy atom. The molecule has 0 saturated carbocycles. The molecule has 1 aliphatic rings. The lowest BCUT2D eigenvalue weighted by Crippen LogP contribution is -2.56. The number of ether oxygens (including phenoxy) is 2. The first kappa shape index (κ1) is 47.7. The molecule has 0 radical (unpaired) electrons. The van der Waals surface area contributed by atoms with E-state index in [2.05, 4.69) is 49.0 Å². The minimum absolute atomic E-state index is 0.0000115. The van der Waals surface area contributed by atoms with Crippen LogP contribution in [-0.2, 0) is 25.6 Å². The molecule has 1 heterocycles. The Bertz CT molecular complexity index is 2110. The second-order valence-electron chi connectivity index (χ2n) is 16.3. The third kappa shape index (κ3) is 12.1. The average Bonchev–Trinajstić information content (AvgIpc) is 3.22. The minimum Gasteiger partial charge on any atom is -0.492 e. The van der Waals surface area contributed by atoms with E-state index in [1.165, 1.54) is 18.9 Å². The molecule has 328 valence electrons. The van der Waals surface area contributed by atoms with E-state index in [1.54, 1.807) is 42.5 Å². The molecule has 0 aliphatic carbocycles. The molecule has 1 aliphatic heterocycles. The van der Waals surface area contributed by atoms with Crippen molar-refractivity contribution in [2.24, 2.45) is 22.6 Å². The highest BCUT2D eigenvalue weighted by Gasteiger charge is 2.36. The molecule has 4 rings (SSSR count). The van der Waals surface area contributed by atoms with E-state index in [0.717, 1.165) is 11.1 Å². The maximum Gasteiger partial charge on any atom is 0.252 e. The summed E-state index contributed by atoms with van der Waals surface area (Å²) in [7, 11) is 1.44. The molecule has 10 N–H and O–H groups in total. The summed E-state index contributed by atoms with van der Waals surface area (Å²) in [5.74, 6) is -2.09. The van der Waals surface area contributed by atoms with Gasteiger partial charge in [0.2, 0.25) is 23.6 Å². The van der Waals surface area contributed by atoms with Gasteiger partial charge >= 0.3 is 0 Å². The van der Waals surface area contributed by atoms with Crippen LogP contribution in [0.2, 0.25) is 0 Å². The maximum atomic E-state index is 14.6. The van der Waals surface area contributed by atoms with Crippen molar-refractivity contribution in [3.05, 3.63) is 82.4 Å². The Balaban J connectivity index is 1.85. The van der Waals surface area contributed by atoms with Gasteiger partial charge in [0.15, 0.2) is 0 Å². The molecule has 4 bridgehead atoms. The van der Waals surface area contributed by atoms with Crippen molar-refractivity contribution >= 4 is 29.5 Å². The summed E-state index contributed by atoms with van der Waals surface area (Å²) in [6, 6.07) is 12.9. The number of nitrogens with zero attached hydrogens (tertiary/aromatic N) is 2. The van der Waals surface area contributed by atoms with Gasteiger partial charge in [-0.25, -0.2) is 0 Å². The molecular formula is C45H61N9O7. The van der Waals surface area contributed by atoms with Crippen LogP contribution in [0.15, 0.2) is 54.6 Å². The number of carbonyl (C=O) groups is 5. The second-order valence-corrected chi connectivity index (χ2v) is 16.3. The van der Waals surface area contributed by atoms with Crippen LogP contribution in [0.4, 0.5) is 0 Å². The van der Waals surface area contributed by atoms with Crippen molar-refractivity contribution < 1.29 is 33.4 Å². The Morgan fingerprint density at radius 3 is 2.15 bits per heavy atom. The molecule has 0 spiro atoms. The van der Waals surface area contributed by atoms with Crippen LogP contribution in [0.25, 0.3) is 11.1 Å². The van der Waals surface area contributed by atoms with E-state index in [0.29, 0.717) is 39.3 Å². The number of aryl methyl sites for hydroxylation is 1. The number of hydrogen-bond acceptors (Lipinski definition) is 11. The summed E-state index contributed by atoms with van der Waals surface area (Å²) in [5.41, 5.74) is 21.8. The smallest absolute Gasteiger partial charge is 0.252 e. The SMILES string of the molecule is Cc1cc(C(C)C(C)(C)C)ccc1C(=O)N[C@@H](CCN)C(=O)N(C)[C@@H]1C(=O)N[C@@H](C)C(=O)N[C@H](C(=O)NCC#N)Cc2ccc(OCCN)c(c2)-c2cc1ccc2OCCN. The molecule has 3 aromatic carbocycles. The highest BCUT2D eigenvalue weighted by molar-refractivity contribution is 6.00. The highest BCUT2D eigenvalue weighted by atomic mass is 16.5. The molecule has 3 aromatic rings. The lowest BCUT2D eigenvalue weighted by atomic mass is 9.77. The maximum absolute atomic E-state index is 14.6. The predicted octanol–water partition coefficient (Wildman–Crippen LogP) is 2.32. The number of benzene rings is 3. The van der Waals surface area contributed by atoms with Crippen molar-refractivity contribution in [1.29, 1.82) is 5.26 Å². The molecule has 61 heavy (non-hydrogen) atoms. The zero-order valence-corrected chi connectivity index (χ0v) is 36.2. The van der Waals surface area contributed by atoms with Crippen LogP contribution < -0.4 is 47.9 Å². The summed E-state index contributed by atoms with van der Waals surface area (Å²) in [5, 5.41) is 19.9. The first-order chi connectivity index (χ1) is 28.9. The number of rotatable bonds is 15. The predicted molar refractivity (Wildman–Crippen MR) is 232 cm³/mol. The van der Waals surface area contributed by atoms with E-state index in [9.17, 15) is 24.0 Å². The van der Waals surface area contributed by atoms with Gasteiger partial charge in [-0.1, -0.05) is 52.0 Å². The summed E-state index contributed by atoms with van der Waals surface area (Å²) in [6.45, 7) is 12.4. The third-order valence-corrected chi connectivity index (χ3v) is 10.9. The number of fused-ring (bicyclic) bond motifs is 5. The number of carbonyl (C=O) groups excluding carboxylic acids is 5. The van der Waals surface area contributed by atoms with Crippen LogP contribution in [-0.4, -0.2) is 99.0 Å². The number of hydrogen-bond donors (Lipinski definition) is 7. The van der Waals surface area contributed by atoms with E-state index in [4.69, 9.17) is 31.9 Å². The van der Waals surface area contributed by atoms with Gasteiger partial charge in [0, 0.05) is 43.2 Å². The molecule has 0 saturated heterocycles. The van der Waals surface area contributed by atoms with Crippen molar-refractivity contribution in [1.82, 2.24) is 26.2 Å². The number of amides is 5. The monoisotopic (exact) mass is 839 g/mol. The molecule has 16 heteroatoms. The zero-order valence-electron chi connectivity index (χ0n) is 36.2. The van der Waals surface area contributed by atoms with E-state index >= 15 is 0 Å². The van der Waals surface area contributed by atoms with E-state index < -0.39 is 53.7 Å². The van der Waals surface area contributed by atoms with Crippen molar-refractivity contribution in [2.75, 3.05) is 46.4 Å². The molecule has 0 fully saturated rings. The van der Waals surface area contributed by atoms with Gasteiger partial charge in [0.1, 0.15) is 55.4 Å². The van der Waals surface area contributed by atoms with Gasteiger partial charge in [-0.3, -0.25) is 24.0 Å². The molecule has 0 aromatic heterocycles. The fraction of sp³-hybridized carbons (Fsp3) is 0.467. The average molecular weight is 840 g/mol. The van der Waals surface area contributed by atoms with Crippen LogP contribution in [0, 0.1) is 23.7 Å². The lowest BCUT2D eigenvalue weighted by molar-refractivity contribution is -0.141. The van der Waals surface area contributed by atoms with E-state index in [1.807, 2.05) is 25.1 Å². The van der Waals surface area contributed by atoms with Crippen LogP contribution in [0.5, 0.6) is 11.5 Å². The van der Waals surface area contributed by atoms with Gasteiger partial charge < -0.3 is 52.8 Å². The molecule has 5 atom stereocenters. The van der Waals surface area contributed by atoms with Crippen LogP contribution >= 0.6 is 0 Å². The van der Waals surface area contributed by atoms with E-state index in [-0.39, 0.29) is 63.6 Å². The summed E-state index contributed by atoms with van der Waals surface area (Å²) in [4.78, 5) is 71.1. The van der Waals surface area contributed by atoms with Crippen molar-refractivity contribution in [3.8, 4) is 28.7 Å². The summed E-state index contributed by atoms with van der Waals surface area (Å²) >= 11 is 0. The van der Waals surface area contributed by atoms with Crippen molar-refractivity contribution in [3.63, 3.8) is 0 Å².